The number of pyridine rings is 2. The number of alkyl halides is 3. The number of cyclic esters (lactones) is 1. The average molecular weight is 627 g/mol. The topological polar surface area (TPSA) is 117 Å². The Kier molecular flexibility index (Phi) is 7.39. The fourth-order valence-electron chi connectivity index (χ4n) is 6.00. The number of aromatic nitrogens is 2. The number of methoxy groups -OCH3 is 1. The first-order valence-corrected chi connectivity index (χ1v) is 14.0. The number of carbonyl (C=O) groups excluding carboxylic acids is 2. The fourth-order valence-corrected chi connectivity index (χ4v) is 6.00. The van der Waals surface area contributed by atoms with Gasteiger partial charge in [-0.15, -0.1) is 0 Å². The van der Waals surface area contributed by atoms with Gasteiger partial charge in [0.1, 0.15) is 18.2 Å². The van der Waals surface area contributed by atoms with Crippen LogP contribution >= 0.6 is 0 Å². The van der Waals surface area contributed by atoms with Crippen LogP contribution in [0.3, 0.4) is 0 Å². The van der Waals surface area contributed by atoms with Gasteiger partial charge in [0.25, 0.3) is 5.56 Å². The molecule has 45 heavy (non-hydrogen) atoms. The first-order valence-electron chi connectivity index (χ1n) is 14.0. The van der Waals surface area contributed by atoms with Crippen molar-refractivity contribution in [2.75, 3.05) is 13.7 Å². The van der Waals surface area contributed by atoms with Gasteiger partial charge in [0.15, 0.2) is 5.60 Å². The Hall–Kier alpha value is -4.78. The Morgan fingerprint density at radius 1 is 1.13 bits per heavy atom. The van der Waals surface area contributed by atoms with Crippen LogP contribution in [0.1, 0.15) is 46.7 Å². The lowest BCUT2D eigenvalue weighted by Gasteiger charge is -2.32. The first-order chi connectivity index (χ1) is 21.3. The molecule has 1 N–H and O–H groups in total. The monoisotopic (exact) mass is 626 g/mol. The van der Waals surface area contributed by atoms with Gasteiger partial charge in [-0.05, 0) is 53.9 Å². The molecule has 6 rings (SSSR count). The van der Waals surface area contributed by atoms with Gasteiger partial charge in [0.05, 0.1) is 54.7 Å². The van der Waals surface area contributed by atoms with Crippen LogP contribution < -0.4 is 10.3 Å². The van der Waals surface area contributed by atoms with E-state index in [0.29, 0.717) is 41.2 Å². The first kappa shape index (κ1) is 30.3. The van der Waals surface area contributed by atoms with Gasteiger partial charge in [-0.3, -0.25) is 9.59 Å². The minimum Gasteiger partial charge on any atom is -0.497 e. The molecule has 234 valence electrons. The summed E-state index contributed by atoms with van der Waals surface area (Å²) < 4.78 is 69.9. The molecule has 2 aliphatic heterocycles. The van der Waals surface area contributed by atoms with E-state index in [2.05, 4.69) is 0 Å². The number of carbonyl (C=O) groups is 2. The van der Waals surface area contributed by atoms with Crippen molar-refractivity contribution < 1.29 is 46.5 Å². The van der Waals surface area contributed by atoms with E-state index in [-0.39, 0.29) is 29.8 Å². The molecule has 4 heterocycles. The number of fused-ring (bicyclic) bond motifs is 5. The highest BCUT2D eigenvalue weighted by Gasteiger charge is 2.47. The lowest BCUT2D eigenvalue weighted by molar-refractivity contribution is -0.175. The third kappa shape index (κ3) is 5.10. The van der Waals surface area contributed by atoms with Crippen LogP contribution in [0.2, 0.25) is 0 Å². The van der Waals surface area contributed by atoms with E-state index in [1.165, 1.54) is 10.6 Å². The maximum Gasteiger partial charge on any atom is 0.419 e. The molecule has 4 aromatic rings. The summed E-state index contributed by atoms with van der Waals surface area (Å²) in [5.74, 6) is -2.83. The Morgan fingerprint density at radius 3 is 2.62 bits per heavy atom. The number of benzene rings is 2. The quantitative estimate of drug-likeness (QED) is 0.206. The molecule has 2 aliphatic rings. The molecular formula is C32H26F4N2O7. The van der Waals surface area contributed by atoms with Crippen LogP contribution in [-0.4, -0.2) is 40.3 Å². The SMILES string of the molecule is CCc1c2c(nc3ccc(OC)cc13)-c1cc3c(c(=O)n1C2)COC(=O)[C@]3(O)CCOC(=O)Cc1ccc(F)c(C(F)(F)F)c1. The predicted octanol–water partition coefficient (Wildman–Crippen LogP) is 4.57. The van der Waals surface area contributed by atoms with Gasteiger partial charge in [-0.2, -0.15) is 13.2 Å². The average Bonchev–Trinajstić information content (AvgIpc) is 3.37. The fraction of sp³-hybridized carbons (Fsp3) is 0.312. The van der Waals surface area contributed by atoms with Crippen LogP contribution in [0.25, 0.3) is 22.3 Å². The van der Waals surface area contributed by atoms with Crippen LogP contribution in [0, 0.1) is 5.82 Å². The van der Waals surface area contributed by atoms with Gasteiger partial charge in [0.2, 0.25) is 0 Å². The van der Waals surface area contributed by atoms with E-state index in [1.807, 2.05) is 19.1 Å². The normalized spacial score (nSPS) is 17.0. The maximum absolute atomic E-state index is 13.7. The summed E-state index contributed by atoms with van der Waals surface area (Å²) in [6.45, 7) is 1.31. The molecule has 1 atom stereocenters. The third-order valence-electron chi connectivity index (χ3n) is 8.27. The lowest BCUT2D eigenvalue weighted by atomic mass is 9.85. The molecule has 9 nitrogen and oxygen atoms in total. The van der Waals surface area contributed by atoms with E-state index < -0.39 is 60.1 Å². The zero-order valence-corrected chi connectivity index (χ0v) is 24.1. The summed E-state index contributed by atoms with van der Waals surface area (Å²) in [6, 6.07) is 9.15. The van der Waals surface area contributed by atoms with Crippen LogP contribution in [0.5, 0.6) is 5.75 Å². The predicted molar refractivity (Wildman–Crippen MR) is 151 cm³/mol. The molecule has 2 aromatic heterocycles. The Labute approximate surface area is 253 Å². The summed E-state index contributed by atoms with van der Waals surface area (Å²) in [7, 11) is 1.57. The zero-order chi connectivity index (χ0) is 32.3. The van der Waals surface area contributed by atoms with Crippen molar-refractivity contribution in [3.8, 4) is 17.1 Å². The minimum absolute atomic E-state index is 0.00179. The summed E-state index contributed by atoms with van der Waals surface area (Å²) in [5, 5.41) is 12.5. The second-order valence-electron chi connectivity index (χ2n) is 10.9. The highest BCUT2D eigenvalue weighted by Crippen LogP contribution is 2.41. The third-order valence-corrected chi connectivity index (χ3v) is 8.27. The molecule has 0 unspecified atom stereocenters. The molecule has 0 radical (unpaired) electrons. The number of ether oxygens (including phenoxy) is 3. The van der Waals surface area contributed by atoms with Gasteiger partial charge in [0, 0.05) is 22.9 Å². The molecule has 2 aromatic carbocycles. The van der Waals surface area contributed by atoms with Crippen LogP contribution in [0.4, 0.5) is 17.6 Å². The van der Waals surface area contributed by atoms with Gasteiger partial charge in [-0.1, -0.05) is 13.0 Å². The Bertz CT molecular complexity index is 1950. The minimum atomic E-state index is -4.95. The second kappa shape index (κ2) is 11.0. The van der Waals surface area contributed by atoms with Crippen molar-refractivity contribution in [1.82, 2.24) is 9.55 Å². The van der Waals surface area contributed by atoms with Gasteiger partial charge >= 0.3 is 18.1 Å². The maximum atomic E-state index is 13.7. The highest BCUT2D eigenvalue weighted by atomic mass is 19.4. The zero-order valence-electron chi connectivity index (χ0n) is 24.1. The van der Waals surface area contributed by atoms with Gasteiger partial charge < -0.3 is 23.9 Å². The summed E-state index contributed by atoms with van der Waals surface area (Å²) in [6.07, 6.45) is -5.42. The number of rotatable bonds is 7. The van der Waals surface area contributed by atoms with E-state index >= 15 is 0 Å². The number of aryl methyl sites for hydroxylation is 1. The summed E-state index contributed by atoms with van der Waals surface area (Å²) in [5.41, 5.74) is -0.985. The number of hydrogen-bond donors (Lipinski definition) is 1. The smallest absolute Gasteiger partial charge is 0.419 e. The lowest BCUT2D eigenvalue weighted by Crippen LogP contribution is -2.45. The molecule has 0 spiro atoms. The molecule has 13 heteroatoms. The van der Waals surface area contributed by atoms with Crippen molar-refractivity contribution in [1.29, 1.82) is 0 Å². The number of aliphatic hydroxyl groups is 1. The molecule has 0 saturated carbocycles. The number of hydrogen-bond acceptors (Lipinski definition) is 8. The molecule has 0 fully saturated rings. The molecule has 0 saturated heterocycles. The van der Waals surface area contributed by atoms with Crippen molar-refractivity contribution in [3.05, 3.63) is 92.0 Å². The summed E-state index contributed by atoms with van der Waals surface area (Å²) in [4.78, 5) is 43.8. The van der Waals surface area contributed by atoms with E-state index in [0.717, 1.165) is 22.6 Å². The van der Waals surface area contributed by atoms with Crippen LogP contribution in [0.15, 0.2) is 47.3 Å². The van der Waals surface area contributed by atoms with Crippen molar-refractivity contribution >= 4 is 22.8 Å². The van der Waals surface area contributed by atoms with Crippen molar-refractivity contribution in [3.63, 3.8) is 0 Å². The van der Waals surface area contributed by atoms with Crippen molar-refractivity contribution in [2.45, 2.75) is 51.1 Å². The molecular weight excluding hydrogens is 600 g/mol. The highest BCUT2D eigenvalue weighted by molar-refractivity contribution is 5.90. The Morgan fingerprint density at radius 2 is 1.91 bits per heavy atom. The number of halogens is 4. The molecule has 0 bridgehead atoms. The standard InChI is InChI=1S/C32H26F4N2O7/c1-3-18-19-12-17(43-2)5-7-25(19)37-28-20(18)14-38-26(28)13-22-21(29(38)40)15-45-30(41)31(22,42)8-9-44-27(39)11-16-4-6-24(33)23(10-16)32(34,35)36/h4-7,10,12-13,42H,3,8-9,11,14-15H2,1-2H3/t31-/m0/s1. The largest absolute Gasteiger partial charge is 0.497 e. The number of esters is 2. The second-order valence-corrected chi connectivity index (χ2v) is 10.9. The van der Waals surface area contributed by atoms with E-state index in [4.69, 9.17) is 19.2 Å². The van der Waals surface area contributed by atoms with Crippen molar-refractivity contribution in [2.24, 2.45) is 0 Å². The molecule has 0 aliphatic carbocycles. The molecule has 0 amide bonds. The van der Waals surface area contributed by atoms with E-state index in [1.54, 1.807) is 13.2 Å². The summed E-state index contributed by atoms with van der Waals surface area (Å²) >= 11 is 0. The van der Waals surface area contributed by atoms with E-state index in [9.17, 15) is 37.1 Å². The number of nitrogens with zero attached hydrogens (tertiary/aromatic N) is 2. The Balaban J connectivity index is 1.29. The van der Waals surface area contributed by atoms with Gasteiger partial charge in [-0.25, -0.2) is 14.2 Å². The van der Waals surface area contributed by atoms with Crippen LogP contribution in [-0.2, 0) is 56.8 Å².